The first-order valence-corrected chi connectivity index (χ1v) is 8.88. The highest BCUT2D eigenvalue weighted by atomic mass is 15.2. The molecule has 0 radical (unpaired) electrons. The van der Waals surface area contributed by atoms with Gasteiger partial charge in [-0.3, -0.25) is 0 Å². The van der Waals surface area contributed by atoms with E-state index in [0.717, 1.165) is 55.4 Å². The van der Waals surface area contributed by atoms with E-state index in [-0.39, 0.29) is 0 Å². The van der Waals surface area contributed by atoms with Gasteiger partial charge in [0.05, 0.1) is 11.4 Å². The number of allylic oxidation sites excluding steroid dienone is 3. The van der Waals surface area contributed by atoms with Gasteiger partial charge < -0.3 is 16.0 Å². The summed E-state index contributed by atoms with van der Waals surface area (Å²) < 4.78 is 0. The normalized spacial score (nSPS) is 17.5. The molecule has 0 amide bonds. The molecule has 0 saturated carbocycles. The van der Waals surface area contributed by atoms with Gasteiger partial charge in [0, 0.05) is 31.7 Å². The first-order valence-electron chi connectivity index (χ1n) is 8.88. The smallest absolute Gasteiger partial charge is 0.136 e. The summed E-state index contributed by atoms with van der Waals surface area (Å²) >= 11 is 0. The zero-order valence-corrected chi connectivity index (χ0v) is 15.1. The topological polar surface area (TPSA) is 53.6 Å². The first-order chi connectivity index (χ1) is 11.6. The second-order valence-electron chi connectivity index (χ2n) is 6.40. The Bertz CT molecular complexity index is 593. The molecule has 1 aromatic rings. The van der Waals surface area contributed by atoms with E-state index in [1.807, 2.05) is 12.1 Å². The number of rotatable bonds is 5. The van der Waals surface area contributed by atoms with E-state index in [9.17, 15) is 0 Å². The van der Waals surface area contributed by atoms with Crippen LogP contribution in [0, 0.1) is 5.92 Å². The number of nitrogens with zero attached hydrogens (tertiary/aromatic N) is 2. The molecule has 1 saturated heterocycles. The van der Waals surface area contributed by atoms with Gasteiger partial charge in [-0.05, 0) is 18.4 Å². The van der Waals surface area contributed by atoms with Gasteiger partial charge in [-0.1, -0.05) is 57.2 Å². The van der Waals surface area contributed by atoms with Crippen LogP contribution in [0.1, 0.15) is 32.8 Å². The Kier molecular flexibility index (Phi) is 7.07. The number of benzene rings is 1. The van der Waals surface area contributed by atoms with Crippen molar-refractivity contribution in [3.8, 4) is 0 Å². The molecule has 3 N–H and O–H groups in total. The van der Waals surface area contributed by atoms with Crippen LogP contribution in [0.2, 0.25) is 0 Å². The minimum Gasteiger partial charge on any atom is -0.397 e. The van der Waals surface area contributed by atoms with Crippen LogP contribution in [-0.4, -0.2) is 36.9 Å². The second kappa shape index (κ2) is 9.28. The van der Waals surface area contributed by atoms with E-state index in [2.05, 4.69) is 61.3 Å². The van der Waals surface area contributed by atoms with E-state index < -0.39 is 0 Å². The van der Waals surface area contributed by atoms with Crippen molar-refractivity contribution in [1.82, 2.24) is 10.2 Å². The van der Waals surface area contributed by atoms with Crippen LogP contribution in [0.25, 0.3) is 0 Å². The Balaban J connectivity index is 2.40. The Morgan fingerprint density at radius 1 is 1.25 bits per heavy atom. The van der Waals surface area contributed by atoms with Crippen molar-refractivity contribution in [2.45, 2.75) is 27.2 Å². The fourth-order valence-corrected chi connectivity index (χ4v) is 2.65. The van der Waals surface area contributed by atoms with Crippen molar-refractivity contribution in [3.05, 3.63) is 59.4 Å². The molecule has 0 atom stereocenters. The second-order valence-corrected chi connectivity index (χ2v) is 6.40. The molecule has 4 heteroatoms. The van der Waals surface area contributed by atoms with E-state index >= 15 is 0 Å². The molecule has 1 aliphatic rings. The maximum Gasteiger partial charge on any atom is 0.136 e. The van der Waals surface area contributed by atoms with Gasteiger partial charge in [-0.15, -0.1) is 0 Å². The summed E-state index contributed by atoms with van der Waals surface area (Å²) in [6, 6.07) is 10.4. The Labute approximate surface area is 146 Å². The predicted octanol–water partition coefficient (Wildman–Crippen LogP) is 3.13. The molecule has 1 aromatic carbocycles. The number of hydrogen-bond donors (Lipinski definition) is 2. The molecule has 1 fully saturated rings. The van der Waals surface area contributed by atoms with Gasteiger partial charge in [0.25, 0.3) is 0 Å². The largest absolute Gasteiger partial charge is 0.397 e. The molecule has 0 aliphatic carbocycles. The van der Waals surface area contributed by atoms with Crippen LogP contribution in [0.3, 0.4) is 0 Å². The molecule has 130 valence electrons. The highest BCUT2D eigenvalue weighted by molar-refractivity contribution is 5.99. The van der Waals surface area contributed by atoms with E-state index in [1.165, 1.54) is 0 Å². The number of amidine groups is 1. The van der Waals surface area contributed by atoms with Crippen molar-refractivity contribution in [2.24, 2.45) is 16.6 Å². The third-order valence-corrected chi connectivity index (χ3v) is 4.02. The van der Waals surface area contributed by atoms with E-state index in [0.29, 0.717) is 5.92 Å². The summed E-state index contributed by atoms with van der Waals surface area (Å²) in [5.41, 5.74) is 9.14. The van der Waals surface area contributed by atoms with Gasteiger partial charge in [0.1, 0.15) is 5.84 Å². The quantitative estimate of drug-likeness (QED) is 0.496. The van der Waals surface area contributed by atoms with Gasteiger partial charge in [-0.25, -0.2) is 4.99 Å². The SMILES string of the molecule is CC/C(N=C(c1ccccc1)N1CCNCC1)=C(N)\C=C/C(C)C. The van der Waals surface area contributed by atoms with Crippen LogP contribution in [-0.2, 0) is 0 Å². The molecule has 0 bridgehead atoms. The van der Waals surface area contributed by atoms with Gasteiger partial charge in [0.15, 0.2) is 0 Å². The van der Waals surface area contributed by atoms with E-state index in [1.54, 1.807) is 0 Å². The minimum absolute atomic E-state index is 0.479. The standard InChI is InChI=1S/C20H30N4/c1-4-19(18(21)11-10-16(2)3)23-20(17-8-6-5-7-9-17)24-14-12-22-13-15-24/h5-11,16,22H,4,12-15,21H2,1-3H3/b11-10-,19-18-,23-20?. The summed E-state index contributed by atoms with van der Waals surface area (Å²) in [6.45, 7) is 10.3. The third kappa shape index (κ3) is 5.24. The van der Waals surface area contributed by atoms with Crippen molar-refractivity contribution in [1.29, 1.82) is 0 Å². The van der Waals surface area contributed by atoms with Crippen LogP contribution in [0.5, 0.6) is 0 Å². The predicted molar refractivity (Wildman–Crippen MR) is 103 cm³/mol. The number of nitrogens with two attached hydrogens (primary N) is 1. The average Bonchev–Trinajstić information content (AvgIpc) is 2.62. The Morgan fingerprint density at radius 2 is 1.92 bits per heavy atom. The van der Waals surface area contributed by atoms with Gasteiger partial charge in [0.2, 0.25) is 0 Å². The Morgan fingerprint density at radius 3 is 2.50 bits per heavy atom. The summed E-state index contributed by atoms with van der Waals surface area (Å²) in [5, 5.41) is 3.40. The van der Waals surface area contributed by atoms with Crippen molar-refractivity contribution < 1.29 is 0 Å². The molecule has 0 spiro atoms. The van der Waals surface area contributed by atoms with Crippen molar-refractivity contribution >= 4 is 5.84 Å². The fraction of sp³-hybridized carbons (Fsp3) is 0.450. The molecule has 4 nitrogen and oxygen atoms in total. The summed E-state index contributed by atoms with van der Waals surface area (Å²) in [4.78, 5) is 7.33. The minimum atomic E-state index is 0.479. The molecule has 0 aromatic heterocycles. The van der Waals surface area contributed by atoms with Crippen LogP contribution in [0.4, 0.5) is 0 Å². The van der Waals surface area contributed by atoms with Crippen LogP contribution >= 0.6 is 0 Å². The number of nitrogens with one attached hydrogen (secondary N) is 1. The maximum atomic E-state index is 6.29. The lowest BCUT2D eigenvalue weighted by Gasteiger charge is -2.31. The number of piperazine rings is 1. The maximum absolute atomic E-state index is 6.29. The van der Waals surface area contributed by atoms with Crippen molar-refractivity contribution in [2.75, 3.05) is 26.2 Å². The van der Waals surface area contributed by atoms with Gasteiger partial charge >= 0.3 is 0 Å². The highest BCUT2D eigenvalue weighted by Crippen LogP contribution is 2.15. The molecule has 0 unspecified atom stereocenters. The lowest BCUT2D eigenvalue weighted by molar-refractivity contribution is 0.357. The molecule has 2 rings (SSSR count). The molecule has 24 heavy (non-hydrogen) atoms. The zero-order valence-electron chi connectivity index (χ0n) is 15.1. The Hall–Kier alpha value is -2.07. The molecular weight excluding hydrogens is 296 g/mol. The first kappa shape index (κ1) is 18.3. The lowest BCUT2D eigenvalue weighted by atomic mass is 10.1. The lowest BCUT2D eigenvalue weighted by Crippen LogP contribution is -2.46. The summed E-state index contributed by atoms with van der Waals surface area (Å²) in [7, 11) is 0. The van der Waals surface area contributed by atoms with Crippen LogP contribution in [0.15, 0.2) is 58.9 Å². The molecule has 1 aliphatic heterocycles. The molecular formula is C20H30N4. The monoisotopic (exact) mass is 326 g/mol. The summed E-state index contributed by atoms with van der Waals surface area (Å²) in [6.07, 6.45) is 4.93. The molecule has 1 heterocycles. The number of aliphatic imine (C=N–C) groups is 1. The van der Waals surface area contributed by atoms with E-state index in [4.69, 9.17) is 10.7 Å². The highest BCUT2D eigenvalue weighted by Gasteiger charge is 2.17. The zero-order chi connectivity index (χ0) is 17.4. The van der Waals surface area contributed by atoms with Crippen molar-refractivity contribution in [3.63, 3.8) is 0 Å². The average molecular weight is 326 g/mol. The third-order valence-electron chi connectivity index (χ3n) is 4.02. The fourth-order valence-electron chi connectivity index (χ4n) is 2.65. The van der Waals surface area contributed by atoms with Gasteiger partial charge in [-0.2, -0.15) is 0 Å². The number of hydrogen-bond acceptors (Lipinski definition) is 3. The van der Waals surface area contributed by atoms with Crippen LogP contribution < -0.4 is 11.1 Å². The summed E-state index contributed by atoms with van der Waals surface area (Å²) in [5.74, 6) is 1.50.